The van der Waals surface area contributed by atoms with Gasteiger partial charge in [-0.2, -0.15) is 5.10 Å². The number of fused-ring (bicyclic) bond motifs is 1. The minimum atomic E-state index is 0.0547. The minimum absolute atomic E-state index is 0.0547. The lowest BCUT2D eigenvalue weighted by Gasteiger charge is -2.30. The largest absolute Gasteiger partial charge is 0.353 e. The lowest BCUT2D eigenvalue weighted by atomic mass is 9.90. The van der Waals surface area contributed by atoms with Crippen LogP contribution in [0.5, 0.6) is 0 Å². The van der Waals surface area contributed by atoms with Crippen LogP contribution in [0.1, 0.15) is 81.5 Å². The molecule has 136 valence electrons. The molecule has 4 rings (SSSR count). The van der Waals surface area contributed by atoms with Crippen molar-refractivity contribution in [3.05, 3.63) is 27.7 Å². The van der Waals surface area contributed by atoms with Gasteiger partial charge in [-0.1, -0.05) is 12.8 Å². The molecule has 5 nitrogen and oxygen atoms in total. The quantitative estimate of drug-likeness (QED) is 0.918. The van der Waals surface area contributed by atoms with Crippen molar-refractivity contribution in [3.63, 3.8) is 0 Å². The first kappa shape index (κ1) is 16.8. The number of hydrogen-bond donors (Lipinski definition) is 1. The van der Waals surface area contributed by atoms with E-state index < -0.39 is 0 Å². The van der Waals surface area contributed by atoms with Crippen LogP contribution >= 0.6 is 0 Å². The molecule has 1 amide bonds. The number of carbonyl (C=O) groups is 1. The van der Waals surface area contributed by atoms with Crippen molar-refractivity contribution in [2.24, 2.45) is 5.92 Å². The van der Waals surface area contributed by atoms with Crippen LogP contribution in [0.2, 0.25) is 0 Å². The second-order valence-corrected chi connectivity index (χ2v) is 8.10. The van der Waals surface area contributed by atoms with Gasteiger partial charge in [0.1, 0.15) is 0 Å². The van der Waals surface area contributed by atoms with E-state index in [4.69, 9.17) is 5.10 Å². The van der Waals surface area contributed by atoms with E-state index in [1.165, 1.54) is 25.7 Å². The maximum Gasteiger partial charge on any atom is 0.267 e. The highest BCUT2D eigenvalue weighted by molar-refractivity contribution is 5.79. The summed E-state index contributed by atoms with van der Waals surface area (Å²) in [4.78, 5) is 24.8. The van der Waals surface area contributed by atoms with E-state index in [0.29, 0.717) is 0 Å². The highest BCUT2D eigenvalue weighted by Crippen LogP contribution is 2.29. The molecule has 0 aromatic carbocycles. The van der Waals surface area contributed by atoms with Crippen LogP contribution in [0.4, 0.5) is 0 Å². The zero-order valence-electron chi connectivity index (χ0n) is 15.0. The molecule has 5 heteroatoms. The average molecular weight is 343 g/mol. The normalized spacial score (nSPS) is 27.0. The Morgan fingerprint density at radius 3 is 2.48 bits per heavy atom. The van der Waals surface area contributed by atoms with E-state index in [2.05, 4.69) is 5.32 Å². The predicted molar refractivity (Wildman–Crippen MR) is 96.5 cm³/mol. The highest BCUT2D eigenvalue weighted by Gasteiger charge is 2.29. The predicted octanol–water partition coefficient (Wildman–Crippen LogP) is 2.91. The van der Waals surface area contributed by atoms with Gasteiger partial charge in [-0.05, 0) is 69.8 Å². The molecule has 0 radical (unpaired) electrons. The molecule has 0 unspecified atom stereocenters. The number of rotatable bonds is 3. The first-order valence-corrected chi connectivity index (χ1v) is 10.1. The van der Waals surface area contributed by atoms with E-state index in [-0.39, 0.29) is 29.5 Å². The fourth-order valence-electron chi connectivity index (χ4n) is 4.81. The van der Waals surface area contributed by atoms with Gasteiger partial charge in [0.15, 0.2) is 0 Å². The summed E-state index contributed by atoms with van der Waals surface area (Å²) in [7, 11) is 0. The Labute approximate surface area is 149 Å². The highest BCUT2D eigenvalue weighted by atomic mass is 16.2. The summed E-state index contributed by atoms with van der Waals surface area (Å²) in [6.07, 6.45) is 12.6. The molecule has 0 spiro atoms. The standard InChI is InChI=1S/C20H29N3O2/c24-19-13-15-7-3-4-8-18(15)22-23(19)17-11-9-16(10-12-17)21-20(25)14-5-1-2-6-14/h13-14,16-17H,1-12H2,(H,21,25). The van der Waals surface area contributed by atoms with Crippen LogP contribution < -0.4 is 10.9 Å². The Morgan fingerprint density at radius 2 is 1.72 bits per heavy atom. The van der Waals surface area contributed by atoms with Gasteiger partial charge in [-0.25, -0.2) is 4.68 Å². The number of aromatic nitrogens is 2. The molecule has 1 heterocycles. The number of aryl methyl sites for hydroxylation is 2. The van der Waals surface area contributed by atoms with Gasteiger partial charge in [0.25, 0.3) is 5.56 Å². The summed E-state index contributed by atoms with van der Waals surface area (Å²) in [5.74, 6) is 0.493. The summed E-state index contributed by atoms with van der Waals surface area (Å²) in [6.45, 7) is 0. The maximum absolute atomic E-state index is 12.5. The van der Waals surface area contributed by atoms with E-state index in [9.17, 15) is 9.59 Å². The van der Waals surface area contributed by atoms with Crippen molar-refractivity contribution >= 4 is 5.91 Å². The Balaban J connectivity index is 1.37. The molecule has 0 bridgehead atoms. The second-order valence-electron chi connectivity index (χ2n) is 8.10. The topological polar surface area (TPSA) is 64.0 Å². The Morgan fingerprint density at radius 1 is 1.00 bits per heavy atom. The molecule has 25 heavy (non-hydrogen) atoms. The van der Waals surface area contributed by atoms with Crippen LogP contribution in [0.25, 0.3) is 0 Å². The summed E-state index contributed by atoms with van der Waals surface area (Å²) in [6, 6.07) is 2.28. The number of carbonyl (C=O) groups excluding carboxylic acids is 1. The molecular weight excluding hydrogens is 314 g/mol. The van der Waals surface area contributed by atoms with Gasteiger partial charge >= 0.3 is 0 Å². The van der Waals surface area contributed by atoms with Crippen LogP contribution in [0.3, 0.4) is 0 Å². The lowest BCUT2D eigenvalue weighted by Crippen LogP contribution is -2.41. The molecule has 0 aliphatic heterocycles. The first-order chi connectivity index (χ1) is 12.2. The van der Waals surface area contributed by atoms with Crippen molar-refractivity contribution in [2.45, 2.75) is 89.1 Å². The van der Waals surface area contributed by atoms with Crippen LogP contribution in [-0.4, -0.2) is 21.7 Å². The number of nitrogens with one attached hydrogen (secondary N) is 1. The first-order valence-electron chi connectivity index (χ1n) is 10.1. The molecule has 2 saturated carbocycles. The van der Waals surface area contributed by atoms with Gasteiger partial charge in [0, 0.05) is 18.0 Å². The fraction of sp³-hybridized carbons (Fsp3) is 0.750. The number of nitrogens with zero attached hydrogens (tertiary/aromatic N) is 2. The monoisotopic (exact) mass is 343 g/mol. The van der Waals surface area contributed by atoms with Crippen molar-refractivity contribution < 1.29 is 4.79 Å². The number of amides is 1. The molecule has 0 saturated heterocycles. The minimum Gasteiger partial charge on any atom is -0.353 e. The molecule has 2 fully saturated rings. The number of hydrogen-bond acceptors (Lipinski definition) is 3. The summed E-state index contributed by atoms with van der Waals surface area (Å²) in [5, 5.41) is 7.95. The maximum atomic E-state index is 12.5. The Bertz CT molecular complexity index is 683. The third kappa shape index (κ3) is 3.65. The van der Waals surface area contributed by atoms with Crippen molar-refractivity contribution in [1.29, 1.82) is 0 Å². The zero-order valence-corrected chi connectivity index (χ0v) is 15.0. The molecule has 1 N–H and O–H groups in total. The zero-order chi connectivity index (χ0) is 17.2. The molecular formula is C20H29N3O2. The van der Waals surface area contributed by atoms with Gasteiger partial charge in [-0.15, -0.1) is 0 Å². The summed E-state index contributed by atoms with van der Waals surface area (Å²) >= 11 is 0. The lowest BCUT2D eigenvalue weighted by molar-refractivity contribution is -0.125. The molecule has 3 aliphatic carbocycles. The van der Waals surface area contributed by atoms with Gasteiger partial charge in [0.05, 0.1) is 11.7 Å². The SMILES string of the molecule is O=C(NC1CCC(n2nc3c(cc2=O)CCCC3)CC1)C1CCCC1. The molecule has 0 atom stereocenters. The van der Waals surface area contributed by atoms with Gasteiger partial charge in [-0.3, -0.25) is 9.59 Å². The molecule has 3 aliphatic rings. The third-order valence-electron chi connectivity index (χ3n) is 6.35. The Hall–Kier alpha value is -1.65. The van der Waals surface area contributed by atoms with E-state index in [0.717, 1.165) is 62.6 Å². The van der Waals surface area contributed by atoms with E-state index in [1.54, 1.807) is 4.68 Å². The van der Waals surface area contributed by atoms with E-state index >= 15 is 0 Å². The van der Waals surface area contributed by atoms with E-state index in [1.807, 2.05) is 6.07 Å². The second kappa shape index (κ2) is 7.30. The summed E-state index contributed by atoms with van der Waals surface area (Å²) in [5.41, 5.74) is 2.34. The van der Waals surface area contributed by atoms with Crippen LogP contribution in [0, 0.1) is 5.92 Å². The third-order valence-corrected chi connectivity index (χ3v) is 6.35. The van der Waals surface area contributed by atoms with Crippen molar-refractivity contribution in [2.75, 3.05) is 0 Å². The smallest absolute Gasteiger partial charge is 0.267 e. The van der Waals surface area contributed by atoms with Gasteiger partial charge in [0.2, 0.25) is 5.91 Å². The van der Waals surface area contributed by atoms with Crippen LogP contribution in [0.15, 0.2) is 10.9 Å². The molecule has 1 aromatic rings. The Kier molecular flexibility index (Phi) is 4.91. The fourth-order valence-corrected chi connectivity index (χ4v) is 4.81. The summed E-state index contributed by atoms with van der Waals surface area (Å²) < 4.78 is 1.74. The average Bonchev–Trinajstić information content (AvgIpc) is 3.17. The van der Waals surface area contributed by atoms with Crippen molar-refractivity contribution in [3.8, 4) is 0 Å². The van der Waals surface area contributed by atoms with Crippen molar-refractivity contribution in [1.82, 2.24) is 15.1 Å². The molecule has 1 aromatic heterocycles. The van der Waals surface area contributed by atoms with Crippen LogP contribution in [-0.2, 0) is 17.6 Å². The van der Waals surface area contributed by atoms with Gasteiger partial charge < -0.3 is 5.32 Å².